The number of nitrogens with zero attached hydrogens (tertiary/aromatic N) is 1. The molecule has 2 aromatic rings. The topological polar surface area (TPSA) is 108 Å². The Morgan fingerprint density at radius 1 is 0.884 bits per heavy atom. The fourth-order valence-electron chi connectivity index (χ4n) is 5.83. The van der Waals surface area contributed by atoms with Crippen molar-refractivity contribution in [1.29, 1.82) is 0 Å². The minimum Gasteiger partial charge on any atom is -0.493 e. The van der Waals surface area contributed by atoms with Crippen molar-refractivity contribution in [3.8, 4) is 28.7 Å². The zero-order valence-electron chi connectivity index (χ0n) is 26.0. The van der Waals surface area contributed by atoms with Gasteiger partial charge in [-0.3, -0.25) is 5.21 Å². The summed E-state index contributed by atoms with van der Waals surface area (Å²) in [6, 6.07) is 7.28. The van der Waals surface area contributed by atoms with Gasteiger partial charge in [0, 0.05) is 11.8 Å². The highest BCUT2D eigenvalue weighted by molar-refractivity contribution is 5.74. The van der Waals surface area contributed by atoms with Gasteiger partial charge in [-0.05, 0) is 73.9 Å². The number of hydrogen-bond donors (Lipinski definition) is 2. The van der Waals surface area contributed by atoms with Gasteiger partial charge in [-0.2, -0.15) is 0 Å². The maximum Gasteiger partial charge on any atom is 0.345 e. The van der Waals surface area contributed by atoms with Gasteiger partial charge in [0.1, 0.15) is 0 Å². The summed E-state index contributed by atoms with van der Waals surface area (Å²) in [5.74, 6) is 3.04. The van der Waals surface area contributed by atoms with E-state index in [1.54, 1.807) is 34.6 Å². The fourth-order valence-corrected chi connectivity index (χ4v) is 5.83. The molecule has 1 aliphatic carbocycles. The standard InChI is InChI=1S/C33H46N2O8/c1-6-17-42-31-22(11-10-16-34-33(36)35(37)25-12-8-7-9-13-25)18-23(19-28(31)38-2)26-14-15-27(43-26)24-20-29(39-3)32(41-5)30(21-24)40-4/h10,16,18-21,25-27,37H,6-9,11-15,17H2,1-5H3,(H,34,36)/b16-10+. The molecule has 1 aliphatic heterocycles. The predicted octanol–water partition coefficient (Wildman–Crippen LogP) is 6.89. The molecule has 0 radical (unpaired) electrons. The van der Waals surface area contributed by atoms with Crippen LogP contribution in [0.5, 0.6) is 28.7 Å². The molecule has 2 unspecified atom stereocenters. The Morgan fingerprint density at radius 3 is 2.02 bits per heavy atom. The van der Waals surface area contributed by atoms with Gasteiger partial charge in [-0.15, -0.1) is 0 Å². The number of carbonyl (C=O) groups excluding carboxylic acids is 1. The largest absolute Gasteiger partial charge is 0.493 e. The van der Waals surface area contributed by atoms with Gasteiger partial charge in [0.05, 0.1) is 53.3 Å². The van der Waals surface area contributed by atoms with E-state index in [1.807, 2.05) is 24.3 Å². The number of hydrogen-bond acceptors (Lipinski definition) is 8. The highest BCUT2D eigenvalue weighted by atomic mass is 16.5. The molecular weight excluding hydrogens is 552 g/mol. The molecule has 2 atom stereocenters. The monoisotopic (exact) mass is 598 g/mol. The summed E-state index contributed by atoms with van der Waals surface area (Å²) in [5.41, 5.74) is 2.86. The molecule has 2 aliphatic rings. The van der Waals surface area contributed by atoms with Gasteiger partial charge in [0.2, 0.25) is 5.75 Å². The number of amides is 2. The lowest BCUT2D eigenvalue weighted by Gasteiger charge is -2.28. The molecule has 4 rings (SSSR count). The number of carbonyl (C=O) groups is 1. The van der Waals surface area contributed by atoms with E-state index in [2.05, 4.69) is 18.3 Å². The molecule has 1 saturated carbocycles. The van der Waals surface area contributed by atoms with Crippen LogP contribution in [-0.2, 0) is 11.2 Å². The van der Waals surface area contributed by atoms with Crippen LogP contribution in [-0.4, -0.2) is 57.4 Å². The van der Waals surface area contributed by atoms with Gasteiger partial charge < -0.3 is 33.7 Å². The predicted molar refractivity (Wildman–Crippen MR) is 163 cm³/mol. The summed E-state index contributed by atoms with van der Waals surface area (Å²) in [6.07, 6.45) is 10.9. The molecule has 0 aromatic heterocycles. The second-order valence-corrected chi connectivity index (χ2v) is 10.9. The third-order valence-electron chi connectivity index (χ3n) is 8.07. The van der Waals surface area contributed by atoms with Crippen LogP contribution in [0, 0.1) is 0 Å². The van der Waals surface area contributed by atoms with E-state index in [4.69, 9.17) is 28.4 Å². The Balaban J connectivity index is 1.51. The van der Waals surface area contributed by atoms with E-state index in [-0.39, 0.29) is 18.2 Å². The zero-order chi connectivity index (χ0) is 30.8. The minimum absolute atomic E-state index is 0.132. The second kappa shape index (κ2) is 15.7. The Bertz CT molecular complexity index is 1220. The van der Waals surface area contributed by atoms with Crippen LogP contribution in [0.1, 0.15) is 87.2 Å². The fraction of sp³-hybridized carbons (Fsp3) is 0.545. The number of hydroxylamine groups is 2. The third-order valence-corrected chi connectivity index (χ3v) is 8.07. The summed E-state index contributed by atoms with van der Waals surface area (Å²) in [6.45, 7) is 2.60. The van der Waals surface area contributed by atoms with Crippen molar-refractivity contribution < 1.29 is 38.4 Å². The summed E-state index contributed by atoms with van der Waals surface area (Å²) in [7, 11) is 6.42. The molecule has 1 saturated heterocycles. The van der Waals surface area contributed by atoms with Gasteiger partial charge >= 0.3 is 6.03 Å². The molecule has 0 spiro atoms. The van der Waals surface area contributed by atoms with Crippen LogP contribution < -0.4 is 29.0 Å². The maximum atomic E-state index is 12.5. The molecule has 10 heteroatoms. The average Bonchev–Trinajstić information content (AvgIpc) is 3.55. The first kappa shape index (κ1) is 32.3. The Kier molecular flexibility index (Phi) is 11.8. The lowest BCUT2D eigenvalue weighted by Crippen LogP contribution is -2.43. The van der Waals surface area contributed by atoms with Gasteiger partial charge in [0.15, 0.2) is 23.0 Å². The number of benzene rings is 2. The van der Waals surface area contributed by atoms with E-state index in [0.29, 0.717) is 41.8 Å². The van der Waals surface area contributed by atoms with Gasteiger partial charge in [0.25, 0.3) is 0 Å². The van der Waals surface area contributed by atoms with Crippen LogP contribution in [0.2, 0.25) is 0 Å². The van der Waals surface area contributed by atoms with Crippen LogP contribution >= 0.6 is 0 Å². The van der Waals surface area contributed by atoms with Crippen molar-refractivity contribution in [3.63, 3.8) is 0 Å². The lowest BCUT2D eigenvalue weighted by molar-refractivity contribution is -0.0860. The number of methoxy groups -OCH3 is 4. The van der Waals surface area contributed by atoms with Gasteiger partial charge in [-0.1, -0.05) is 32.3 Å². The van der Waals surface area contributed by atoms with Crippen LogP contribution in [0.25, 0.3) is 0 Å². The Morgan fingerprint density at radius 2 is 1.47 bits per heavy atom. The number of ether oxygens (including phenoxy) is 6. The molecular formula is C33H46N2O8. The summed E-state index contributed by atoms with van der Waals surface area (Å²) >= 11 is 0. The molecule has 1 heterocycles. The Hall–Kier alpha value is -3.63. The molecule has 2 N–H and O–H groups in total. The minimum atomic E-state index is -0.519. The van der Waals surface area contributed by atoms with Crippen molar-refractivity contribution in [2.45, 2.75) is 83.0 Å². The summed E-state index contributed by atoms with van der Waals surface area (Å²) < 4.78 is 35.0. The van der Waals surface area contributed by atoms with Crippen molar-refractivity contribution in [1.82, 2.24) is 10.4 Å². The number of urea groups is 1. The summed E-state index contributed by atoms with van der Waals surface area (Å²) in [4.78, 5) is 12.5. The third kappa shape index (κ3) is 7.86. The van der Waals surface area contributed by atoms with E-state index in [9.17, 15) is 10.0 Å². The van der Waals surface area contributed by atoms with E-state index >= 15 is 0 Å². The quantitative estimate of drug-likeness (QED) is 0.190. The molecule has 43 heavy (non-hydrogen) atoms. The van der Waals surface area contributed by atoms with Gasteiger partial charge in [-0.25, -0.2) is 9.86 Å². The highest BCUT2D eigenvalue weighted by Gasteiger charge is 2.31. The first-order valence-corrected chi connectivity index (χ1v) is 15.2. The molecule has 2 fully saturated rings. The first-order valence-electron chi connectivity index (χ1n) is 15.2. The van der Waals surface area contributed by atoms with Crippen LogP contribution in [0.15, 0.2) is 36.5 Å². The van der Waals surface area contributed by atoms with E-state index in [0.717, 1.165) is 73.1 Å². The number of nitrogens with one attached hydrogen (secondary N) is 1. The molecule has 236 valence electrons. The molecule has 2 aromatic carbocycles. The van der Waals surface area contributed by atoms with Crippen LogP contribution in [0.3, 0.4) is 0 Å². The highest BCUT2D eigenvalue weighted by Crippen LogP contribution is 2.47. The van der Waals surface area contributed by atoms with Crippen molar-refractivity contribution in [2.24, 2.45) is 0 Å². The Labute approximate surface area is 254 Å². The maximum absolute atomic E-state index is 12.5. The normalized spacial score (nSPS) is 18.8. The van der Waals surface area contributed by atoms with Crippen LogP contribution in [0.4, 0.5) is 4.79 Å². The summed E-state index contributed by atoms with van der Waals surface area (Å²) in [5, 5.41) is 13.9. The van der Waals surface area contributed by atoms with Crippen molar-refractivity contribution in [3.05, 3.63) is 53.2 Å². The number of rotatable bonds is 13. The van der Waals surface area contributed by atoms with Crippen molar-refractivity contribution in [2.75, 3.05) is 35.0 Å². The van der Waals surface area contributed by atoms with E-state index in [1.165, 1.54) is 0 Å². The first-order chi connectivity index (χ1) is 20.9. The lowest BCUT2D eigenvalue weighted by atomic mass is 9.95. The molecule has 0 bridgehead atoms. The zero-order valence-corrected chi connectivity index (χ0v) is 26.0. The van der Waals surface area contributed by atoms with E-state index < -0.39 is 6.03 Å². The second-order valence-electron chi connectivity index (χ2n) is 10.9. The van der Waals surface area contributed by atoms with Crippen molar-refractivity contribution >= 4 is 6.03 Å². The molecule has 2 amide bonds. The average molecular weight is 599 g/mol. The SMILES string of the molecule is CCCOc1c(C/C=C/NC(=O)N(O)C2CCCCC2)cc(C2CCC(c3cc(OC)c(OC)c(OC)c3)O2)cc1OC. The molecule has 10 nitrogen and oxygen atoms in total. The number of allylic oxidation sites excluding steroid dienone is 1. The smallest absolute Gasteiger partial charge is 0.345 e.